The van der Waals surface area contributed by atoms with Crippen molar-refractivity contribution >= 4 is 0 Å². The Labute approximate surface area is 96.6 Å². The van der Waals surface area contributed by atoms with Crippen LogP contribution in [0.1, 0.15) is 30.0 Å². The standard InChI is InChI=1S/C14H16N2/c1-2-3-12-8-14(16-10-12)13-6-4-11(9-15)5-7-13/h2,4-7,12,14,16H,1,3,8,10H2. The molecule has 1 aromatic carbocycles. The molecule has 0 aromatic heterocycles. The van der Waals surface area contributed by atoms with Crippen LogP contribution in [0.25, 0.3) is 0 Å². The Balaban J connectivity index is 2.03. The predicted molar refractivity (Wildman–Crippen MR) is 64.8 cm³/mol. The number of hydrogen-bond donors (Lipinski definition) is 1. The van der Waals surface area contributed by atoms with Crippen LogP contribution in [0.3, 0.4) is 0 Å². The molecular formula is C14H16N2. The monoisotopic (exact) mass is 212 g/mol. The molecule has 1 aliphatic rings. The molecule has 1 heterocycles. The Bertz CT molecular complexity index is 400. The van der Waals surface area contributed by atoms with E-state index in [1.54, 1.807) is 0 Å². The van der Waals surface area contributed by atoms with E-state index in [4.69, 9.17) is 5.26 Å². The van der Waals surface area contributed by atoms with Gasteiger partial charge in [-0.3, -0.25) is 0 Å². The fraction of sp³-hybridized carbons (Fsp3) is 0.357. The van der Waals surface area contributed by atoms with Gasteiger partial charge in [-0.05, 0) is 43.0 Å². The van der Waals surface area contributed by atoms with E-state index in [2.05, 4.69) is 18.0 Å². The molecule has 2 nitrogen and oxygen atoms in total. The Morgan fingerprint density at radius 3 is 2.81 bits per heavy atom. The molecule has 1 N–H and O–H groups in total. The van der Waals surface area contributed by atoms with Gasteiger partial charge in [-0.2, -0.15) is 5.26 Å². The summed E-state index contributed by atoms with van der Waals surface area (Å²) in [6.45, 7) is 4.85. The first kappa shape index (κ1) is 10.9. The van der Waals surface area contributed by atoms with Crippen LogP contribution < -0.4 is 5.32 Å². The summed E-state index contributed by atoms with van der Waals surface area (Å²) in [6, 6.07) is 10.5. The summed E-state index contributed by atoms with van der Waals surface area (Å²) in [5.41, 5.74) is 2.01. The van der Waals surface area contributed by atoms with Gasteiger partial charge in [0, 0.05) is 6.04 Å². The van der Waals surface area contributed by atoms with Gasteiger partial charge in [-0.1, -0.05) is 18.2 Å². The number of hydrogen-bond acceptors (Lipinski definition) is 2. The molecule has 0 amide bonds. The molecule has 2 unspecified atom stereocenters. The molecule has 1 aromatic rings. The maximum absolute atomic E-state index is 8.73. The Morgan fingerprint density at radius 1 is 1.44 bits per heavy atom. The summed E-state index contributed by atoms with van der Waals surface area (Å²) >= 11 is 0. The minimum absolute atomic E-state index is 0.442. The van der Waals surface area contributed by atoms with Gasteiger partial charge in [0.25, 0.3) is 0 Å². The molecule has 0 aliphatic carbocycles. The number of benzene rings is 1. The van der Waals surface area contributed by atoms with Crippen LogP contribution in [0, 0.1) is 17.2 Å². The van der Waals surface area contributed by atoms with Gasteiger partial charge in [0.1, 0.15) is 0 Å². The third-order valence-corrected chi connectivity index (χ3v) is 3.16. The quantitative estimate of drug-likeness (QED) is 0.782. The molecule has 2 atom stereocenters. The van der Waals surface area contributed by atoms with Crippen LogP contribution in [0.15, 0.2) is 36.9 Å². The molecule has 0 saturated carbocycles. The maximum atomic E-state index is 8.73. The SMILES string of the molecule is C=CCC1CNC(c2ccc(C#N)cc2)C1. The van der Waals surface area contributed by atoms with E-state index in [1.165, 1.54) is 5.56 Å². The number of nitriles is 1. The average molecular weight is 212 g/mol. The van der Waals surface area contributed by atoms with Gasteiger partial charge in [0.05, 0.1) is 11.6 Å². The Morgan fingerprint density at radius 2 is 2.19 bits per heavy atom. The third-order valence-electron chi connectivity index (χ3n) is 3.16. The van der Waals surface area contributed by atoms with Crippen molar-refractivity contribution in [3.05, 3.63) is 48.0 Å². The lowest BCUT2D eigenvalue weighted by Crippen LogP contribution is -2.13. The first-order valence-electron chi connectivity index (χ1n) is 5.68. The first-order chi connectivity index (χ1) is 7.83. The average Bonchev–Trinajstić information content (AvgIpc) is 2.78. The molecule has 82 valence electrons. The van der Waals surface area contributed by atoms with Crippen molar-refractivity contribution in [3.8, 4) is 6.07 Å². The highest BCUT2D eigenvalue weighted by molar-refractivity contribution is 5.33. The van der Waals surface area contributed by atoms with Crippen molar-refractivity contribution in [2.45, 2.75) is 18.9 Å². The predicted octanol–water partition coefficient (Wildman–Crippen LogP) is 2.78. The molecule has 1 aliphatic heterocycles. The fourth-order valence-corrected chi connectivity index (χ4v) is 2.27. The van der Waals surface area contributed by atoms with Crippen molar-refractivity contribution in [1.29, 1.82) is 5.26 Å². The highest BCUT2D eigenvalue weighted by Crippen LogP contribution is 2.29. The number of rotatable bonds is 3. The lowest BCUT2D eigenvalue weighted by molar-refractivity contribution is 0.572. The summed E-state index contributed by atoms with van der Waals surface area (Å²) in [4.78, 5) is 0. The van der Waals surface area contributed by atoms with Crippen LogP contribution in [0.2, 0.25) is 0 Å². The van der Waals surface area contributed by atoms with Gasteiger partial charge in [-0.15, -0.1) is 6.58 Å². The van der Waals surface area contributed by atoms with Gasteiger partial charge in [0.15, 0.2) is 0 Å². The van der Waals surface area contributed by atoms with Gasteiger partial charge in [-0.25, -0.2) is 0 Å². The summed E-state index contributed by atoms with van der Waals surface area (Å²) in [5.74, 6) is 0.707. The fourth-order valence-electron chi connectivity index (χ4n) is 2.27. The van der Waals surface area contributed by atoms with Crippen LogP contribution in [0.4, 0.5) is 0 Å². The second kappa shape index (κ2) is 4.96. The van der Waals surface area contributed by atoms with Gasteiger partial charge >= 0.3 is 0 Å². The van der Waals surface area contributed by atoms with Crippen molar-refractivity contribution in [3.63, 3.8) is 0 Å². The van der Waals surface area contributed by atoms with E-state index in [1.807, 2.05) is 30.3 Å². The van der Waals surface area contributed by atoms with Crippen molar-refractivity contribution < 1.29 is 0 Å². The lowest BCUT2D eigenvalue weighted by atomic mass is 9.97. The summed E-state index contributed by atoms with van der Waals surface area (Å²) < 4.78 is 0. The molecule has 0 bridgehead atoms. The lowest BCUT2D eigenvalue weighted by Gasteiger charge is -2.10. The third kappa shape index (κ3) is 2.32. The highest BCUT2D eigenvalue weighted by Gasteiger charge is 2.23. The zero-order valence-corrected chi connectivity index (χ0v) is 9.32. The van der Waals surface area contributed by atoms with Crippen LogP contribution in [0.5, 0.6) is 0 Å². The topological polar surface area (TPSA) is 35.8 Å². The zero-order chi connectivity index (χ0) is 11.4. The minimum Gasteiger partial charge on any atom is -0.310 e. The summed E-state index contributed by atoms with van der Waals surface area (Å²) in [7, 11) is 0. The van der Waals surface area contributed by atoms with E-state index < -0.39 is 0 Å². The van der Waals surface area contributed by atoms with Gasteiger partial charge < -0.3 is 5.32 Å². The molecular weight excluding hydrogens is 196 g/mol. The maximum Gasteiger partial charge on any atom is 0.0991 e. The smallest absolute Gasteiger partial charge is 0.0991 e. The highest BCUT2D eigenvalue weighted by atomic mass is 14.9. The van der Waals surface area contributed by atoms with Crippen molar-refractivity contribution in [2.24, 2.45) is 5.92 Å². The summed E-state index contributed by atoms with van der Waals surface area (Å²) in [5, 5.41) is 12.2. The first-order valence-corrected chi connectivity index (χ1v) is 5.68. The second-order valence-electron chi connectivity index (χ2n) is 4.32. The zero-order valence-electron chi connectivity index (χ0n) is 9.32. The normalized spacial score (nSPS) is 23.9. The Hall–Kier alpha value is -1.59. The van der Waals surface area contributed by atoms with Crippen LogP contribution in [-0.4, -0.2) is 6.54 Å². The van der Waals surface area contributed by atoms with Crippen LogP contribution in [-0.2, 0) is 0 Å². The molecule has 1 saturated heterocycles. The molecule has 0 spiro atoms. The van der Waals surface area contributed by atoms with E-state index >= 15 is 0 Å². The molecule has 2 heteroatoms. The second-order valence-corrected chi connectivity index (χ2v) is 4.32. The largest absolute Gasteiger partial charge is 0.310 e. The number of nitrogens with zero attached hydrogens (tertiary/aromatic N) is 1. The van der Waals surface area contributed by atoms with Crippen LogP contribution >= 0.6 is 0 Å². The molecule has 2 rings (SSSR count). The van der Waals surface area contributed by atoms with E-state index in [0.29, 0.717) is 12.0 Å². The van der Waals surface area contributed by atoms with Crippen molar-refractivity contribution in [1.82, 2.24) is 5.32 Å². The summed E-state index contributed by atoms with van der Waals surface area (Å²) in [6.07, 6.45) is 4.24. The number of allylic oxidation sites excluding steroid dienone is 1. The van der Waals surface area contributed by atoms with E-state index in [9.17, 15) is 0 Å². The van der Waals surface area contributed by atoms with E-state index in [0.717, 1.165) is 24.9 Å². The molecule has 0 radical (unpaired) electrons. The Kier molecular flexibility index (Phi) is 3.38. The van der Waals surface area contributed by atoms with Gasteiger partial charge in [0.2, 0.25) is 0 Å². The van der Waals surface area contributed by atoms with E-state index in [-0.39, 0.29) is 0 Å². The number of nitrogens with one attached hydrogen (secondary N) is 1. The molecule has 16 heavy (non-hydrogen) atoms. The minimum atomic E-state index is 0.442. The molecule has 1 fully saturated rings. The van der Waals surface area contributed by atoms with Crippen molar-refractivity contribution in [2.75, 3.05) is 6.54 Å².